The summed E-state index contributed by atoms with van der Waals surface area (Å²) in [6, 6.07) is 3.63. The van der Waals surface area contributed by atoms with Gasteiger partial charge in [0.05, 0.1) is 11.2 Å². The number of amides is 1. The van der Waals surface area contributed by atoms with E-state index in [1.165, 1.54) is 0 Å². The predicted molar refractivity (Wildman–Crippen MR) is 56.5 cm³/mol. The summed E-state index contributed by atoms with van der Waals surface area (Å²) >= 11 is 3.35. The third-order valence-electron chi connectivity index (χ3n) is 2.39. The lowest BCUT2D eigenvalue weighted by atomic mass is 10.1. The molecule has 0 unspecified atom stereocenters. The summed E-state index contributed by atoms with van der Waals surface area (Å²) in [5, 5.41) is 2.78. The zero-order chi connectivity index (χ0) is 10.2. The van der Waals surface area contributed by atoms with E-state index in [9.17, 15) is 4.79 Å². The first-order valence-corrected chi connectivity index (χ1v) is 5.10. The van der Waals surface area contributed by atoms with Crippen molar-refractivity contribution in [2.75, 3.05) is 5.73 Å². The molecule has 1 aromatic rings. The summed E-state index contributed by atoms with van der Waals surface area (Å²) in [5.41, 5.74) is 6.19. The Labute approximate surface area is 90.0 Å². The number of carbonyl (C=O) groups is 1. The van der Waals surface area contributed by atoms with Gasteiger partial charge in [-0.15, -0.1) is 0 Å². The zero-order valence-corrected chi connectivity index (χ0v) is 9.04. The van der Waals surface area contributed by atoms with Gasteiger partial charge >= 0.3 is 0 Å². The molecule has 0 saturated heterocycles. The highest BCUT2D eigenvalue weighted by atomic mass is 79.9. The normalized spacial score (nSPS) is 17.5. The third-order valence-corrected chi connectivity index (χ3v) is 2.84. The van der Waals surface area contributed by atoms with Gasteiger partial charge < -0.3 is 11.1 Å². The molecule has 0 spiro atoms. The molecule has 0 radical (unpaired) electrons. The number of halogens is 1. The molecule has 1 amide bonds. The van der Waals surface area contributed by atoms with E-state index >= 15 is 0 Å². The van der Waals surface area contributed by atoms with Crippen LogP contribution in [0, 0.1) is 0 Å². The summed E-state index contributed by atoms with van der Waals surface area (Å²) in [6.45, 7) is 0. The highest BCUT2D eigenvalue weighted by molar-refractivity contribution is 9.10. The Hall–Kier alpha value is -1.10. The fourth-order valence-corrected chi connectivity index (χ4v) is 1.93. The summed E-state index contributed by atoms with van der Waals surface area (Å²) in [7, 11) is 0. The van der Waals surface area contributed by atoms with Crippen LogP contribution in [0.15, 0.2) is 16.6 Å². The Morgan fingerprint density at radius 3 is 2.79 bits per heavy atom. The van der Waals surface area contributed by atoms with Crippen LogP contribution in [0.3, 0.4) is 0 Å². The van der Waals surface area contributed by atoms with Crippen molar-refractivity contribution in [2.45, 2.75) is 18.4 Å². The van der Waals surface area contributed by atoms with Crippen LogP contribution in [0.1, 0.15) is 18.5 Å². The molecule has 14 heavy (non-hydrogen) atoms. The van der Waals surface area contributed by atoms with Crippen LogP contribution in [0.5, 0.6) is 0 Å². The van der Waals surface area contributed by atoms with Crippen LogP contribution >= 0.6 is 15.9 Å². The number of hydrogen-bond donors (Lipinski definition) is 2. The van der Waals surface area contributed by atoms with Gasteiger partial charge in [0.1, 0.15) is 5.82 Å². The fourth-order valence-electron chi connectivity index (χ4n) is 1.47. The first kappa shape index (κ1) is 9.45. The molecule has 5 heteroatoms. The highest BCUT2D eigenvalue weighted by Crippen LogP contribution is 2.44. The minimum atomic E-state index is -0.264. The molecule has 1 aliphatic rings. The molecule has 1 fully saturated rings. The van der Waals surface area contributed by atoms with Crippen molar-refractivity contribution in [3.63, 3.8) is 0 Å². The van der Waals surface area contributed by atoms with Crippen molar-refractivity contribution in [3.8, 4) is 0 Å². The Balaban J connectivity index is 2.36. The lowest BCUT2D eigenvalue weighted by Crippen LogP contribution is -2.28. The fraction of sp³-hybridized carbons (Fsp3) is 0.333. The smallest absolute Gasteiger partial charge is 0.207 e. The minimum absolute atomic E-state index is 0.264. The second-order valence-electron chi connectivity index (χ2n) is 3.44. The number of nitrogen functional groups attached to an aromatic ring is 1. The van der Waals surface area contributed by atoms with Crippen LogP contribution in [0.2, 0.25) is 0 Å². The average Bonchev–Trinajstić information content (AvgIpc) is 2.84. The number of nitrogens with one attached hydrogen (secondary N) is 1. The van der Waals surface area contributed by atoms with Gasteiger partial charge in [0.15, 0.2) is 0 Å². The molecular weight excluding hydrogens is 246 g/mol. The molecule has 74 valence electrons. The maximum Gasteiger partial charge on any atom is 0.207 e. The summed E-state index contributed by atoms with van der Waals surface area (Å²) < 4.78 is 0.888. The van der Waals surface area contributed by atoms with E-state index in [1.54, 1.807) is 6.07 Å². The zero-order valence-electron chi connectivity index (χ0n) is 7.46. The number of rotatable bonds is 3. The van der Waals surface area contributed by atoms with Gasteiger partial charge in [-0.25, -0.2) is 4.98 Å². The van der Waals surface area contributed by atoms with Crippen LogP contribution in [-0.2, 0) is 10.3 Å². The van der Waals surface area contributed by atoms with E-state index in [-0.39, 0.29) is 5.54 Å². The molecule has 2 rings (SSSR count). The van der Waals surface area contributed by atoms with Crippen molar-refractivity contribution < 1.29 is 4.79 Å². The topological polar surface area (TPSA) is 68.0 Å². The third kappa shape index (κ3) is 1.59. The Morgan fingerprint density at radius 2 is 2.29 bits per heavy atom. The minimum Gasteiger partial charge on any atom is -0.384 e. The van der Waals surface area contributed by atoms with Gasteiger partial charge in [0.2, 0.25) is 6.41 Å². The number of hydrogen-bond acceptors (Lipinski definition) is 3. The van der Waals surface area contributed by atoms with Crippen molar-refractivity contribution in [2.24, 2.45) is 0 Å². The van der Waals surface area contributed by atoms with Crippen molar-refractivity contribution in [1.29, 1.82) is 0 Å². The maximum absolute atomic E-state index is 10.4. The number of aromatic nitrogens is 1. The largest absolute Gasteiger partial charge is 0.384 e. The molecule has 0 aliphatic heterocycles. The van der Waals surface area contributed by atoms with Gasteiger partial charge in [0, 0.05) is 4.47 Å². The Morgan fingerprint density at radius 1 is 1.57 bits per heavy atom. The van der Waals surface area contributed by atoms with Gasteiger partial charge in [-0.05, 0) is 25.0 Å². The standard InChI is InChI=1S/C9H10BrN3O/c10-6-3-7(13-8(11)4-6)9(1-2-9)12-5-14/h3-5H,1-2H2,(H2,11,13)(H,12,14). The molecule has 1 aliphatic carbocycles. The molecule has 4 nitrogen and oxygen atoms in total. The molecule has 1 saturated carbocycles. The van der Waals surface area contributed by atoms with Gasteiger partial charge in [-0.2, -0.15) is 0 Å². The lowest BCUT2D eigenvalue weighted by molar-refractivity contribution is -0.110. The van der Waals surface area contributed by atoms with E-state index < -0.39 is 0 Å². The molecular formula is C9H10BrN3O. The van der Waals surface area contributed by atoms with Crippen molar-refractivity contribution in [3.05, 3.63) is 22.3 Å². The second-order valence-corrected chi connectivity index (χ2v) is 4.36. The SMILES string of the molecule is Nc1cc(Br)cc(C2(NC=O)CC2)n1. The van der Waals surface area contributed by atoms with Gasteiger partial charge in [0.25, 0.3) is 0 Å². The molecule has 0 atom stereocenters. The van der Waals surface area contributed by atoms with E-state index in [2.05, 4.69) is 26.2 Å². The number of nitrogens with two attached hydrogens (primary N) is 1. The first-order chi connectivity index (χ1) is 6.66. The monoisotopic (exact) mass is 255 g/mol. The van der Waals surface area contributed by atoms with E-state index in [4.69, 9.17) is 5.73 Å². The number of pyridine rings is 1. The molecule has 0 aromatic carbocycles. The lowest BCUT2D eigenvalue weighted by Gasteiger charge is -2.13. The van der Waals surface area contributed by atoms with Crippen LogP contribution in [-0.4, -0.2) is 11.4 Å². The second kappa shape index (κ2) is 3.24. The average molecular weight is 256 g/mol. The van der Waals surface area contributed by atoms with Crippen molar-refractivity contribution >= 4 is 28.2 Å². The van der Waals surface area contributed by atoms with Gasteiger partial charge in [-0.1, -0.05) is 15.9 Å². The van der Waals surface area contributed by atoms with Crippen molar-refractivity contribution in [1.82, 2.24) is 10.3 Å². The first-order valence-electron chi connectivity index (χ1n) is 4.31. The number of carbonyl (C=O) groups excluding carboxylic acids is 1. The quantitative estimate of drug-likeness (QED) is 0.797. The molecule has 1 aromatic heterocycles. The summed E-state index contributed by atoms with van der Waals surface area (Å²) in [6.07, 6.45) is 2.56. The van der Waals surface area contributed by atoms with E-state index in [1.807, 2.05) is 6.07 Å². The van der Waals surface area contributed by atoms with Crippen LogP contribution in [0.25, 0.3) is 0 Å². The maximum atomic E-state index is 10.4. The molecule has 0 bridgehead atoms. The number of anilines is 1. The van der Waals surface area contributed by atoms with Crippen LogP contribution < -0.4 is 11.1 Å². The van der Waals surface area contributed by atoms with E-state index in [0.717, 1.165) is 23.0 Å². The number of nitrogens with zero attached hydrogens (tertiary/aromatic N) is 1. The summed E-state index contributed by atoms with van der Waals surface area (Å²) in [4.78, 5) is 14.6. The summed E-state index contributed by atoms with van der Waals surface area (Å²) in [5.74, 6) is 0.466. The van der Waals surface area contributed by atoms with E-state index in [0.29, 0.717) is 12.2 Å². The Bertz CT molecular complexity index is 356. The predicted octanol–water partition coefficient (Wildman–Crippen LogP) is 1.16. The molecule has 3 N–H and O–H groups in total. The van der Waals surface area contributed by atoms with Crippen LogP contribution in [0.4, 0.5) is 5.82 Å². The van der Waals surface area contributed by atoms with Gasteiger partial charge in [-0.3, -0.25) is 4.79 Å². The highest BCUT2D eigenvalue weighted by Gasteiger charge is 2.45. The molecule has 1 heterocycles. The Kier molecular flexibility index (Phi) is 2.19.